The third kappa shape index (κ3) is 3.43. The molecule has 0 radical (unpaired) electrons. The number of rotatable bonds is 4. The van der Waals surface area contributed by atoms with Crippen molar-refractivity contribution < 1.29 is 9.18 Å². The van der Waals surface area contributed by atoms with Crippen molar-refractivity contribution in [3.05, 3.63) is 35.6 Å². The number of amides is 1. The van der Waals surface area contributed by atoms with E-state index >= 15 is 0 Å². The standard InChI is InChI=1S/C17H23FN2O/c18-14-6-4-11(5-7-14)13-9-16(10-13)20-15-3-1-2-12(8-15)17(19)21/h4-7,12-13,15-16,20H,1-3,8-10H2,(H2,19,21)/t12-,13?,15-,16?/m1/s1. The average Bonchev–Trinajstić information content (AvgIpc) is 2.44. The normalized spacial score (nSPS) is 32.4. The summed E-state index contributed by atoms with van der Waals surface area (Å²) in [4.78, 5) is 11.3. The lowest BCUT2D eigenvalue weighted by atomic mass is 9.75. The SMILES string of the molecule is NC(=O)[C@@H]1CCC[C@@H](NC2CC(c3ccc(F)cc3)C2)C1. The quantitative estimate of drug-likeness (QED) is 0.896. The van der Waals surface area contributed by atoms with Crippen LogP contribution in [0.5, 0.6) is 0 Å². The van der Waals surface area contributed by atoms with E-state index in [9.17, 15) is 9.18 Å². The third-order valence-corrected chi connectivity index (χ3v) is 5.03. The first-order valence-corrected chi connectivity index (χ1v) is 7.92. The molecule has 0 unspecified atom stereocenters. The van der Waals surface area contributed by atoms with Crippen molar-refractivity contribution in [3.63, 3.8) is 0 Å². The van der Waals surface area contributed by atoms with Gasteiger partial charge < -0.3 is 11.1 Å². The lowest BCUT2D eigenvalue weighted by Gasteiger charge is -2.40. The van der Waals surface area contributed by atoms with Crippen LogP contribution in [0.3, 0.4) is 0 Å². The van der Waals surface area contributed by atoms with E-state index in [1.807, 2.05) is 12.1 Å². The Balaban J connectivity index is 1.46. The van der Waals surface area contributed by atoms with Gasteiger partial charge in [0.25, 0.3) is 0 Å². The molecule has 4 heteroatoms. The van der Waals surface area contributed by atoms with Crippen molar-refractivity contribution in [1.29, 1.82) is 0 Å². The van der Waals surface area contributed by atoms with E-state index in [1.54, 1.807) is 0 Å². The molecule has 3 nitrogen and oxygen atoms in total. The van der Waals surface area contributed by atoms with Crippen molar-refractivity contribution >= 4 is 5.91 Å². The van der Waals surface area contributed by atoms with Gasteiger partial charge in [-0.1, -0.05) is 18.6 Å². The van der Waals surface area contributed by atoms with Crippen LogP contribution < -0.4 is 11.1 Å². The predicted octanol–water partition coefficient (Wildman–Crippen LogP) is 2.71. The zero-order valence-electron chi connectivity index (χ0n) is 12.2. The fraction of sp³-hybridized carbons (Fsp3) is 0.588. The van der Waals surface area contributed by atoms with Crippen LogP contribution in [0.1, 0.15) is 50.0 Å². The molecular formula is C17H23FN2O. The van der Waals surface area contributed by atoms with Gasteiger partial charge in [0.1, 0.15) is 5.82 Å². The highest BCUT2D eigenvalue weighted by atomic mass is 19.1. The molecule has 2 aliphatic carbocycles. The Bertz CT molecular complexity index is 496. The van der Waals surface area contributed by atoms with Gasteiger partial charge in [-0.2, -0.15) is 0 Å². The summed E-state index contributed by atoms with van der Waals surface area (Å²) in [5, 5.41) is 3.67. The van der Waals surface area contributed by atoms with Gasteiger partial charge >= 0.3 is 0 Å². The van der Waals surface area contributed by atoms with Crippen LogP contribution in [0.15, 0.2) is 24.3 Å². The number of primary amides is 1. The van der Waals surface area contributed by atoms with E-state index in [0.29, 0.717) is 18.0 Å². The molecule has 0 aliphatic heterocycles. The van der Waals surface area contributed by atoms with Gasteiger partial charge in [0.05, 0.1) is 0 Å². The summed E-state index contributed by atoms with van der Waals surface area (Å²) in [6.45, 7) is 0. The predicted molar refractivity (Wildman–Crippen MR) is 80.2 cm³/mol. The minimum Gasteiger partial charge on any atom is -0.369 e. The highest BCUT2D eigenvalue weighted by Gasteiger charge is 2.33. The van der Waals surface area contributed by atoms with Gasteiger partial charge in [0.15, 0.2) is 0 Å². The van der Waals surface area contributed by atoms with Gasteiger partial charge in [-0.3, -0.25) is 4.79 Å². The smallest absolute Gasteiger partial charge is 0.220 e. The number of nitrogens with two attached hydrogens (primary N) is 1. The molecule has 0 heterocycles. The number of halogens is 1. The first kappa shape index (κ1) is 14.5. The van der Waals surface area contributed by atoms with Gasteiger partial charge in [0, 0.05) is 18.0 Å². The Morgan fingerprint density at radius 3 is 2.48 bits per heavy atom. The molecule has 2 fully saturated rings. The Kier molecular flexibility index (Phi) is 4.24. The Hall–Kier alpha value is -1.42. The third-order valence-electron chi connectivity index (χ3n) is 5.03. The molecular weight excluding hydrogens is 267 g/mol. The molecule has 2 saturated carbocycles. The lowest BCUT2D eigenvalue weighted by molar-refractivity contribution is -0.123. The van der Waals surface area contributed by atoms with Crippen molar-refractivity contribution in [2.45, 2.75) is 56.5 Å². The summed E-state index contributed by atoms with van der Waals surface area (Å²) in [6, 6.07) is 7.80. The molecule has 1 aromatic rings. The zero-order chi connectivity index (χ0) is 14.8. The minimum atomic E-state index is -0.174. The molecule has 3 N–H and O–H groups in total. The summed E-state index contributed by atoms with van der Waals surface area (Å²) in [6.07, 6.45) is 6.25. The monoisotopic (exact) mass is 290 g/mol. The molecule has 2 atom stereocenters. The van der Waals surface area contributed by atoms with Gasteiger partial charge in [-0.25, -0.2) is 4.39 Å². The van der Waals surface area contributed by atoms with Crippen LogP contribution in [-0.4, -0.2) is 18.0 Å². The van der Waals surface area contributed by atoms with E-state index in [-0.39, 0.29) is 17.6 Å². The van der Waals surface area contributed by atoms with Gasteiger partial charge in [-0.15, -0.1) is 0 Å². The molecule has 0 bridgehead atoms. The Labute approximate surface area is 125 Å². The summed E-state index contributed by atoms with van der Waals surface area (Å²) >= 11 is 0. The molecule has 0 saturated heterocycles. The zero-order valence-corrected chi connectivity index (χ0v) is 12.2. The largest absolute Gasteiger partial charge is 0.369 e. The number of carbonyl (C=O) groups excluding carboxylic acids is 1. The van der Waals surface area contributed by atoms with Crippen LogP contribution in [0.4, 0.5) is 4.39 Å². The second-order valence-electron chi connectivity index (χ2n) is 6.55. The van der Waals surface area contributed by atoms with Crippen LogP contribution in [0, 0.1) is 11.7 Å². The lowest BCUT2D eigenvalue weighted by Crippen LogP contribution is -2.48. The van der Waals surface area contributed by atoms with Crippen molar-refractivity contribution in [1.82, 2.24) is 5.32 Å². The topological polar surface area (TPSA) is 55.1 Å². The molecule has 3 rings (SSSR count). The molecule has 0 spiro atoms. The highest BCUT2D eigenvalue weighted by Crippen LogP contribution is 2.38. The molecule has 2 aliphatic rings. The van der Waals surface area contributed by atoms with E-state index in [1.165, 1.54) is 17.7 Å². The van der Waals surface area contributed by atoms with E-state index in [4.69, 9.17) is 5.73 Å². The Morgan fingerprint density at radius 2 is 1.81 bits per heavy atom. The van der Waals surface area contributed by atoms with Crippen LogP contribution in [0.2, 0.25) is 0 Å². The van der Waals surface area contributed by atoms with Crippen LogP contribution in [-0.2, 0) is 4.79 Å². The van der Waals surface area contributed by atoms with E-state index < -0.39 is 0 Å². The highest BCUT2D eigenvalue weighted by molar-refractivity contribution is 5.76. The van der Waals surface area contributed by atoms with E-state index in [2.05, 4.69) is 5.32 Å². The summed E-state index contributed by atoms with van der Waals surface area (Å²) in [5.41, 5.74) is 6.65. The molecule has 21 heavy (non-hydrogen) atoms. The van der Waals surface area contributed by atoms with Crippen LogP contribution >= 0.6 is 0 Å². The summed E-state index contributed by atoms with van der Waals surface area (Å²) in [5.74, 6) is 0.259. The van der Waals surface area contributed by atoms with E-state index in [0.717, 1.165) is 38.5 Å². The summed E-state index contributed by atoms with van der Waals surface area (Å²) < 4.78 is 12.9. The maximum Gasteiger partial charge on any atom is 0.220 e. The minimum absolute atomic E-state index is 0.0456. The average molecular weight is 290 g/mol. The fourth-order valence-electron chi connectivity index (χ4n) is 3.69. The number of nitrogens with one attached hydrogen (secondary N) is 1. The second-order valence-corrected chi connectivity index (χ2v) is 6.55. The maximum absolute atomic E-state index is 12.9. The first-order chi connectivity index (χ1) is 10.1. The van der Waals surface area contributed by atoms with Crippen molar-refractivity contribution in [2.24, 2.45) is 11.7 Å². The van der Waals surface area contributed by atoms with Crippen molar-refractivity contribution in [2.75, 3.05) is 0 Å². The Morgan fingerprint density at radius 1 is 1.10 bits per heavy atom. The number of hydrogen-bond donors (Lipinski definition) is 2. The summed E-state index contributed by atoms with van der Waals surface area (Å²) in [7, 11) is 0. The molecule has 1 amide bonds. The van der Waals surface area contributed by atoms with Crippen LogP contribution in [0.25, 0.3) is 0 Å². The maximum atomic E-state index is 12.9. The molecule has 1 aromatic carbocycles. The van der Waals surface area contributed by atoms with Gasteiger partial charge in [0.2, 0.25) is 5.91 Å². The molecule has 0 aromatic heterocycles. The van der Waals surface area contributed by atoms with Crippen molar-refractivity contribution in [3.8, 4) is 0 Å². The molecule has 114 valence electrons. The second kappa shape index (κ2) is 6.14. The first-order valence-electron chi connectivity index (χ1n) is 7.92. The number of hydrogen-bond acceptors (Lipinski definition) is 2. The van der Waals surface area contributed by atoms with Gasteiger partial charge in [-0.05, 0) is 55.7 Å². The number of benzene rings is 1. The fourth-order valence-corrected chi connectivity index (χ4v) is 3.69. The number of carbonyl (C=O) groups is 1.